The van der Waals surface area contributed by atoms with E-state index in [0.717, 1.165) is 12.1 Å². The van der Waals surface area contributed by atoms with Crippen LogP contribution in [0.25, 0.3) is 0 Å². The second kappa shape index (κ2) is 7.32. The Morgan fingerprint density at radius 1 is 1.10 bits per heavy atom. The number of carbonyl (C=O) groups excluding carboxylic acids is 2. The molecule has 108 valence electrons. The van der Waals surface area contributed by atoms with Gasteiger partial charge in [-0.05, 0) is 12.1 Å². The number of ketones is 1. The summed E-state index contributed by atoms with van der Waals surface area (Å²) in [5.41, 5.74) is -0.273. The zero-order valence-corrected chi connectivity index (χ0v) is 10.5. The molecule has 1 amide bonds. The number of carbonyl (C=O) groups is 3. The standard InChI is InChI=1S/C13H13F2NO4/c14-8-1-2-9(10(15)7-8)11(17)3-4-12(18)16-6-5-13(19)20/h1-2,7H,3-6H2,(H,16,18)(H,19,20). The number of halogens is 2. The molecule has 5 nitrogen and oxygen atoms in total. The minimum atomic E-state index is -1.05. The molecule has 0 atom stereocenters. The SMILES string of the molecule is O=C(O)CCNC(=O)CCC(=O)c1ccc(F)cc1F. The molecule has 0 aliphatic rings. The smallest absolute Gasteiger partial charge is 0.305 e. The Kier molecular flexibility index (Phi) is 5.76. The summed E-state index contributed by atoms with van der Waals surface area (Å²) in [5, 5.41) is 10.7. The van der Waals surface area contributed by atoms with Crippen molar-refractivity contribution in [3.05, 3.63) is 35.4 Å². The van der Waals surface area contributed by atoms with Crippen molar-refractivity contribution < 1.29 is 28.3 Å². The predicted molar refractivity (Wildman–Crippen MR) is 65.2 cm³/mol. The van der Waals surface area contributed by atoms with Gasteiger partial charge in [0, 0.05) is 25.5 Å². The number of rotatable bonds is 7. The van der Waals surface area contributed by atoms with E-state index in [1.54, 1.807) is 0 Å². The van der Waals surface area contributed by atoms with Crippen molar-refractivity contribution in [2.24, 2.45) is 0 Å². The molecular formula is C13H13F2NO4. The van der Waals surface area contributed by atoms with Gasteiger partial charge in [0.2, 0.25) is 5.91 Å². The van der Waals surface area contributed by atoms with Gasteiger partial charge >= 0.3 is 5.97 Å². The average molecular weight is 285 g/mol. The molecule has 0 saturated carbocycles. The highest BCUT2D eigenvalue weighted by atomic mass is 19.1. The lowest BCUT2D eigenvalue weighted by molar-refractivity contribution is -0.136. The number of hydrogen-bond donors (Lipinski definition) is 2. The summed E-state index contributed by atoms with van der Waals surface area (Å²) < 4.78 is 26.0. The Morgan fingerprint density at radius 3 is 2.40 bits per heavy atom. The highest BCUT2D eigenvalue weighted by molar-refractivity contribution is 5.98. The van der Waals surface area contributed by atoms with Crippen LogP contribution in [0.3, 0.4) is 0 Å². The lowest BCUT2D eigenvalue weighted by Gasteiger charge is -2.04. The van der Waals surface area contributed by atoms with Gasteiger partial charge in [-0.2, -0.15) is 0 Å². The van der Waals surface area contributed by atoms with Crippen LogP contribution in [0.4, 0.5) is 8.78 Å². The molecule has 0 aromatic heterocycles. The van der Waals surface area contributed by atoms with Gasteiger partial charge in [-0.3, -0.25) is 14.4 Å². The number of carboxylic acid groups (broad SMARTS) is 1. The maximum absolute atomic E-state index is 13.3. The molecule has 0 radical (unpaired) electrons. The van der Waals surface area contributed by atoms with E-state index >= 15 is 0 Å². The highest BCUT2D eigenvalue weighted by Gasteiger charge is 2.14. The van der Waals surface area contributed by atoms with Gasteiger partial charge in [-0.1, -0.05) is 0 Å². The molecule has 7 heteroatoms. The maximum Gasteiger partial charge on any atom is 0.305 e. The fourth-order valence-corrected chi connectivity index (χ4v) is 1.47. The molecular weight excluding hydrogens is 272 g/mol. The minimum absolute atomic E-state index is 0.0345. The first-order valence-corrected chi connectivity index (χ1v) is 5.87. The number of amides is 1. The first kappa shape index (κ1) is 15.7. The van der Waals surface area contributed by atoms with Crippen LogP contribution in [0, 0.1) is 11.6 Å². The van der Waals surface area contributed by atoms with E-state index in [9.17, 15) is 23.2 Å². The topological polar surface area (TPSA) is 83.5 Å². The fourth-order valence-electron chi connectivity index (χ4n) is 1.47. The summed E-state index contributed by atoms with van der Waals surface area (Å²) >= 11 is 0. The van der Waals surface area contributed by atoms with E-state index in [0.29, 0.717) is 6.07 Å². The number of nitrogens with one attached hydrogen (secondary N) is 1. The zero-order chi connectivity index (χ0) is 15.1. The molecule has 1 aromatic carbocycles. The Labute approximate surface area is 113 Å². The molecule has 1 rings (SSSR count). The van der Waals surface area contributed by atoms with E-state index in [-0.39, 0.29) is 31.4 Å². The Morgan fingerprint density at radius 2 is 1.80 bits per heavy atom. The molecule has 0 unspecified atom stereocenters. The molecule has 0 spiro atoms. The third-order valence-corrected chi connectivity index (χ3v) is 2.47. The van der Waals surface area contributed by atoms with E-state index in [1.165, 1.54) is 0 Å². The highest BCUT2D eigenvalue weighted by Crippen LogP contribution is 2.12. The van der Waals surface area contributed by atoms with Gasteiger partial charge in [0.15, 0.2) is 5.78 Å². The van der Waals surface area contributed by atoms with Crippen LogP contribution in [0.1, 0.15) is 29.6 Å². The molecule has 0 heterocycles. The van der Waals surface area contributed by atoms with Crippen LogP contribution in [-0.2, 0) is 9.59 Å². The van der Waals surface area contributed by atoms with Gasteiger partial charge in [-0.15, -0.1) is 0 Å². The summed E-state index contributed by atoms with van der Waals surface area (Å²) in [6.07, 6.45) is -0.636. The molecule has 20 heavy (non-hydrogen) atoms. The summed E-state index contributed by atoms with van der Waals surface area (Å²) in [7, 11) is 0. The Balaban J connectivity index is 2.43. The summed E-state index contributed by atoms with van der Waals surface area (Å²) in [5.74, 6) is -3.92. The van der Waals surface area contributed by atoms with E-state index in [2.05, 4.69) is 5.32 Å². The van der Waals surface area contributed by atoms with Crippen molar-refractivity contribution in [3.63, 3.8) is 0 Å². The molecule has 0 aliphatic carbocycles. The summed E-state index contributed by atoms with van der Waals surface area (Å²) in [6, 6.07) is 2.58. The van der Waals surface area contributed by atoms with Crippen LogP contribution in [-0.4, -0.2) is 29.3 Å². The second-order valence-electron chi connectivity index (χ2n) is 4.04. The lowest BCUT2D eigenvalue weighted by atomic mass is 10.1. The number of Topliss-reactive ketones (excluding diaryl/α,β-unsaturated/α-hetero) is 1. The Bertz CT molecular complexity index is 531. The van der Waals surface area contributed by atoms with Crippen LogP contribution >= 0.6 is 0 Å². The molecule has 0 saturated heterocycles. The first-order chi connectivity index (χ1) is 9.40. The number of benzene rings is 1. The van der Waals surface area contributed by atoms with Crippen molar-refractivity contribution in [1.82, 2.24) is 5.32 Å². The predicted octanol–water partition coefficient (Wildman–Crippen LogP) is 1.52. The van der Waals surface area contributed by atoms with Crippen LogP contribution in [0.15, 0.2) is 18.2 Å². The third-order valence-electron chi connectivity index (χ3n) is 2.47. The van der Waals surface area contributed by atoms with Crippen LogP contribution in [0.5, 0.6) is 0 Å². The molecule has 0 fully saturated rings. The fraction of sp³-hybridized carbons (Fsp3) is 0.308. The zero-order valence-electron chi connectivity index (χ0n) is 10.5. The van der Waals surface area contributed by atoms with Crippen molar-refractivity contribution in [1.29, 1.82) is 0 Å². The van der Waals surface area contributed by atoms with Crippen molar-refractivity contribution >= 4 is 17.7 Å². The average Bonchev–Trinajstić information content (AvgIpc) is 2.35. The summed E-state index contributed by atoms with van der Waals surface area (Å²) in [4.78, 5) is 33.1. The third kappa shape index (κ3) is 5.13. The number of carboxylic acids is 1. The number of hydrogen-bond acceptors (Lipinski definition) is 3. The van der Waals surface area contributed by atoms with E-state index in [4.69, 9.17) is 5.11 Å². The van der Waals surface area contributed by atoms with Crippen molar-refractivity contribution in [2.75, 3.05) is 6.54 Å². The van der Waals surface area contributed by atoms with Crippen molar-refractivity contribution in [2.45, 2.75) is 19.3 Å². The van der Waals surface area contributed by atoms with Crippen LogP contribution in [0.2, 0.25) is 0 Å². The van der Waals surface area contributed by atoms with E-state index in [1.807, 2.05) is 0 Å². The first-order valence-electron chi connectivity index (χ1n) is 5.87. The quantitative estimate of drug-likeness (QED) is 0.744. The largest absolute Gasteiger partial charge is 0.481 e. The second-order valence-corrected chi connectivity index (χ2v) is 4.04. The van der Waals surface area contributed by atoms with Gasteiger partial charge in [0.25, 0.3) is 0 Å². The van der Waals surface area contributed by atoms with E-state index < -0.39 is 29.3 Å². The molecule has 0 aliphatic heterocycles. The summed E-state index contributed by atoms with van der Waals surface area (Å²) in [6.45, 7) is -0.0345. The molecule has 1 aromatic rings. The lowest BCUT2D eigenvalue weighted by Crippen LogP contribution is -2.26. The molecule has 0 bridgehead atoms. The normalized spacial score (nSPS) is 10.1. The van der Waals surface area contributed by atoms with Crippen LogP contribution < -0.4 is 5.32 Å². The van der Waals surface area contributed by atoms with Gasteiger partial charge in [-0.25, -0.2) is 8.78 Å². The molecule has 2 N–H and O–H groups in total. The number of aliphatic carboxylic acids is 1. The Hall–Kier alpha value is -2.31. The maximum atomic E-state index is 13.3. The van der Waals surface area contributed by atoms with Gasteiger partial charge in [0.1, 0.15) is 11.6 Å². The monoisotopic (exact) mass is 285 g/mol. The minimum Gasteiger partial charge on any atom is -0.481 e. The van der Waals surface area contributed by atoms with Gasteiger partial charge in [0.05, 0.1) is 12.0 Å². The van der Waals surface area contributed by atoms with Gasteiger partial charge < -0.3 is 10.4 Å². The van der Waals surface area contributed by atoms with Crippen molar-refractivity contribution in [3.8, 4) is 0 Å².